The van der Waals surface area contributed by atoms with E-state index in [0.29, 0.717) is 10.8 Å². The molecule has 0 saturated carbocycles. The van der Waals surface area contributed by atoms with Gasteiger partial charge in [0, 0.05) is 5.33 Å². The smallest absolute Gasteiger partial charge is 0.00718 e. The maximum atomic E-state index is 3.53. The van der Waals surface area contributed by atoms with E-state index in [2.05, 4.69) is 61.8 Å². The number of hydrogen-bond donors (Lipinski definition) is 0. The van der Waals surface area contributed by atoms with Gasteiger partial charge in [0.15, 0.2) is 0 Å². The van der Waals surface area contributed by atoms with Crippen molar-refractivity contribution in [3.05, 3.63) is 34.9 Å². The Hall–Kier alpha value is -0.300. The molecule has 0 radical (unpaired) electrons. The van der Waals surface area contributed by atoms with Crippen molar-refractivity contribution in [2.24, 2.45) is 0 Å². The first kappa shape index (κ1) is 13.1. The van der Waals surface area contributed by atoms with Crippen LogP contribution in [0.4, 0.5) is 0 Å². The summed E-state index contributed by atoms with van der Waals surface area (Å²) in [5.41, 5.74) is 5.29. The SMILES string of the molecule is CC1(C)CCC(C)(C)c2cc(CCBr)ccc21. The second-order valence-electron chi connectivity index (χ2n) is 6.59. The normalized spacial score (nSPS) is 21.0. The molecule has 0 bridgehead atoms. The molecule has 0 atom stereocenters. The Labute approximate surface area is 114 Å². The minimum Gasteiger partial charge on any atom is -0.0924 e. The van der Waals surface area contributed by atoms with Crippen LogP contribution in [-0.2, 0) is 17.3 Å². The quantitative estimate of drug-likeness (QED) is 0.675. The van der Waals surface area contributed by atoms with Gasteiger partial charge in [-0.25, -0.2) is 0 Å². The third-order valence-corrected chi connectivity index (χ3v) is 4.70. The summed E-state index contributed by atoms with van der Waals surface area (Å²) in [5, 5.41) is 1.05. The lowest BCUT2D eigenvalue weighted by Gasteiger charge is -2.42. The lowest BCUT2D eigenvalue weighted by molar-refractivity contribution is 0.331. The summed E-state index contributed by atoms with van der Waals surface area (Å²) >= 11 is 3.53. The maximum Gasteiger partial charge on any atom is 0.00718 e. The molecule has 1 aromatic carbocycles. The van der Waals surface area contributed by atoms with Gasteiger partial charge in [-0.1, -0.05) is 61.8 Å². The van der Waals surface area contributed by atoms with E-state index >= 15 is 0 Å². The lowest BCUT2D eigenvalue weighted by atomic mass is 9.63. The Morgan fingerprint density at radius 3 is 2.18 bits per heavy atom. The van der Waals surface area contributed by atoms with Gasteiger partial charge in [0.2, 0.25) is 0 Å². The maximum absolute atomic E-state index is 3.53. The van der Waals surface area contributed by atoms with E-state index in [1.165, 1.54) is 18.4 Å². The van der Waals surface area contributed by atoms with E-state index in [9.17, 15) is 0 Å². The molecule has 1 aliphatic carbocycles. The predicted octanol–water partition coefficient (Wildman–Crippen LogP) is 4.97. The fraction of sp³-hybridized carbons (Fsp3) is 0.625. The number of benzene rings is 1. The summed E-state index contributed by atoms with van der Waals surface area (Å²) < 4.78 is 0. The Morgan fingerprint density at radius 2 is 1.59 bits per heavy atom. The average Bonchev–Trinajstić information content (AvgIpc) is 2.26. The molecule has 1 aromatic rings. The van der Waals surface area contributed by atoms with Gasteiger partial charge in [0.05, 0.1) is 0 Å². The largest absolute Gasteiger partial charge is 0.0924 e. The van der Waals surface area contributed by atoms with E-state index < -0.39 is 0 Å². The highest BCUT2D eigenvalue weighted by Gasteiger charge is 2.36. The van der Waals surface area contributed by atoms with Crippen LogP contribution < -0.4 is 0 Å². The molecule has 0 aliphatic heterocycles. The van der Waals surface area contributed by atoms with Crippen molar-refractivity contribution in [2.45, 2.75) is 57.8 Å². The third-order valence-electron chi connectivity index (χ3n) is 4.30. The van der Waals surface area contributed by atoms with E-state index in [1.807, 2.05) is 0 Å². The first-order chi connectivity index (χ1) is 7.87. The molecule has 1 heteroatoms. The molecule has 0 aromatic heterocycles. The van der Waals surface area contributed by atoms with Crippen molar-refractivity contribution in [3.8, 4) is 0 Å². The minimum absolute atomic E-state index is 0.340. The third kappa shape index (κ3) is 2.45. The zero-order valence-electron chi connectivity index (χ0n) is 11.4. The molecule has 0 unspecified atom stereocenters. The first-order valence-electron chi connectivity index (χ1n) is 6.57. The van der Waals surface area contributed by atoms with Gasteiger partial charge in [-0.3, -0.25) is 0 Å². The van der Waals surface area contributed by atoms with Gasteiger partial charge in [0.1, 0.15) is 0 Å². The average molecular weight is 295 g/mol. The van der Waals surface area contributed by atoms with E-state index in [4.69, 9.17) is 0 Å². The highest BCUT2D eigenvalue weighted by Crippen LogP contribution is 2.45. The Kier molecular flexibility index (Phi) is 3.42. The molecule has 2 rings (SSSR count). The Bertz CT molecular complexity index is 416. The van der Waals surface area contributed by atoms with Gasteiger partial charge in [-0.2, -0.15) is 0 Å². The minimum atomic E-state index is 0.340. The van der Waals surface area contributed by atoms with E-state index in [1.54, 1.807) is 11.1 Å². The molecular weight excluding hydrogens is 272 g/mol. The van der Waals surface area contributed by atoms with E-state index in [0.717, 1.165) is 11.8 Å². The second kappa shape index (κ2) is 4.42. The Morgan fingerprint density at radius 1 is 1.00 bits per heavy atom. The van der Waals surface area contributed by atoms with Gasteiger partial charge in [0.25, 0.3) is 0 Å². The number of rotatable bonds is 2. The molecule has 0 nitrogen and oxygen atoms in total. The molecule has 94 valence electrons. The van der Waals surface area contributed by atoms with Crippen LogP contribution >= 0.6 is 15.9 Å². The van der Waals surface area contributed by atoms with Crippen LogP contribution in [0.1, 0.15) is 57.2 Å². The molecule has 0 saturated heterocycles. The highest BCUT2D eigenvalue weighted by atomic mass is 79.9. The topological polar surface area (TPSA) is 0 Å². The standard InChI is InChI=1S/C16H23Br/c1-15(2)8-9-16(3,4)14-11-12(7-10-17)5-6-13(14)15/h5-6,11H,7-10H2,1-4H3. The van der Waals surface area contributed by atoms with Crippen LogP contribution in [0.5, 0.6) is 0 Å². The molecule has 1 aliphatic rings. The van der Waals surface area contributed by atoms with Crippen molar-refractivity contribution in [2.75, 3.05) is 5.33 Å². The molecule has 17 heavy (non-hydrogen) atoms. The molecule has 0 fully saturated rings. The predicted molar refractivity (Wildman–Crippen MR) is 79.2 cm³/mol. The van der Waals surface area contributed by atoms with Gasteiger partial charge in [-0.05, 0) is 46.8 Å². The van der Waals surface area contributed by atoms with Crippen LogP contribution in [0.3, 0.4) is 0 Å². The fourth-order valence-corrected chi connectivity index (χ4v) is 3.36. The fourth-order valence-electron chi connectivity index (χ4n) is 2.90. The van der Waals surface area contributed by atoms with Gasteiger partial charge in [-0.15, -0.1) is 0 Å². The van der Waals surface area contributed by atoms with Crippen LogP contribution in [0.15, 0.2) is 18.2 Å². The van der Waals surface area contributed by atoms with Crippen molar-refractivity contribution in [1.29, 1.82) is 0 Å². The lowest BCUT2D eigenvalue weighted by Crippen LogP contribution is -2.33. The van der Waals surface area contributed by atoms with Crippen LogP contribution in [-0.4, -0.2) is 5.33 Å². The van der Waals surface area contributed by atoms with E-state index in [-0.39, 0.29) is 0 Å². The van der Waals surface area contributed by atoms with Gasteiger partial charge >= 0.3 is 0 Å². The summed E-state index contributed by atoms with van der Waals surface area (Å²) in [6.45, 7) is 9.54. The zero-order chi connectivity index (χ0) is 12.7. The van der Waals surface area contributed by atoms with Gasteiger partial charge < -0.3 is 0 Å². The number of alkyl halides is 1. The molecule has 0 spiro atoms. The highest BCUT2D eigenvalue weighted by molar-refractivity contribution is 9.09. The summed E-state index contributed by atoms with van der Waals surface area (Å²) in [7, 11) is 0. The zero-order valence-corrected chi connectivity index (χ0v) is 13.0. The number of fused-ring (bicyclic) bond motifs is 1. The molecule has 0 heterocycles. The summed E-state index contributed by atoms with van der Waals surface area (Å²) in [4.78, 5) is 0. The van der Waals surface area contributed by atoms with Crippen LogP contribution in [0.25, 0.3) is 0 Å². The van der Waals surface area contributed by atoms with Crippen LogP contribution in [0.2, 0.25) is 0 Å². The monoisotopic (exact) mass is 294 g/mol. The second-order valence-corrected chi connectivity index (χ2v) is 7.38. The van der Waals surface area contributed by atoms with Crippen molar-refractivity contribution < 1.29 is 0 Å². The van der Waals surface area contributed by atoms with Crippen molar-refractivity contribution in [3.63, 3.8) is 0 Å². The molecular formula is C16H23Br. The number of aryl methyl sites for hydroxylation is 1. The summed E-state index contributed by atoms with van der Waals surface area (Å²) in [6.07, 6.45) is 3.72. The van der Waals surface area contributed by atoms with Crippen molar-refractivity contribution >= 4 is 15.9 Å². The summed E-state index contributed by atoms with van der Waals surface area (Å²) in [6, 6.07) is 7.12. The first-order valence-corrected chi connectivity index (χ1v) is 7.69. The number of hydrogen-bond acceptors (Lipinski definition) is 0. The molecule has 0 N–H and O–H groups in total. The van der Waals surface area contributed by atoms with Crippen molar-refractivity contribution in [1.82, 2.24) is 0 Å². The van der Waals surface area contributed by atoms with Crippen LogP contribution in [0, 0.1) is 0 Å². The number of halogens is 1. The Balaban J connectivity index is 2.52. The summed E-state index contributed by atoms with van der Waals surface area (Å²) in [5.74, 6) is 0. The molecule has 0 amide bonds.